The highest BCUT2D eigenvalue weighted by atomic mass is 32.2. The maximum absolute atomic E-state index is 12.9. The lowest BCUT2D eigenvalue weighted by molar-refractivity contribution is -0.132. The van der Waals surface area contributed by atoms with Crippen LogP contribution in [0, 0.1) is 46.3 Å². The molecular weight excluding hydrogens is 340 g/mol. The summed E-state index contributed by atoms with van der Waals surface area (Å²) in [5, 5.41) is -0.0983. The van der Waals surface area contributed by atoms with Crippen LogP contribution in [0.1, 0.15) is 85.5 Å². The van der Waals surface area contributed by atoms with Crippen molar-refractivity contribution in [3.05, 3.63) is 0 Å². The van der Waals surface area contributed by atoms with E-state index in [1.807, 2.05) is 0 Å². The van der Waals surface area contributed by atoms with Crippen LogP contribution in [0.2, 0.25) is 0 Å². The normalized spacial score (nSPS) is 54.3. The molecule has 0 spiro atoms. The van der Waals surface area contributed by atoms with Gasteiger partial charge in [0.1, 0.15) is 0 Å². The van der Waals surface area contributed by atoms with Gasteiger partial charge >= 0.3 is 0 Å². The van der Waals surface area contributed by atoms with Gasteiger partial charge < -0.3 is 0 Å². The van der Waals surface area contributed by atoms with Crippen molar-refractivity contribution in [3.63, 3.8) is 0 Å². The smallest absolute Gasteiger partial charge is 0.150 e. The Labute approximate surface area is 161 Å². The van der Waals surface area contributed by atoms with Crippen LogP contribution in [0.3, 0.4) is 0 Å². The zero-order valence-corrected chi connectivity index (χ0v) is 18.4. The molecule has 0 saturated heterocycles. The number of hydrogen-bond acceptors (Lipinski definition) is 2. The topological polar surface area (TPSA) is 34.1 Å². The van der Waals surface area contributed by atoms with Gasteiger partial charge in [0.05, 0.1) is 5.25 Å². The summed E-state index contributed by atoms with van der Waals surface area (Å²) < 4.78 is 25.7. The molecule has 4 rings (SSSR count). The molecule has 9 atom stereocenters. The van der Waals surface area contributed by atoms with E-state index < -0.39 is 9.84 Å². The summed E-state index contributed by atoms with van der Waals surface area (Å²) in [5.74, 6) is 4.46. The Bertz CT molecular complexity index is 655. The fourth-order valence-corrected chi connectivity index (χ4v) is 10.8. The summed E-state index contributed by atoms with van der Waals surface area (Å²) in [6.45, 7) is 9.82. The molecule has 0 bridgehead atoms. The van der Waals surface area contributed by atoms with Crippen molar-refractivity contribution in [2.75, 3.05) is 6.26 Å². The Balaban J connectivity index is 1.78. The predicted molar refractivity (Wildman–Crippen MR) is 109 cm³/mol. The largest absolute Gasteiger partial charge is 0.229 e. The minimum Gasteiger partial charge on any atom is -0.229 e. The molecule has 0 aromatic rings. The van der Waals surface area contributed by atoms with E-state index in [0.29, 0.717) is 17.3 Å². The van der Waals surface area contributed by atoms with Crippen LogP contribution in [0.25, 0.3) is 0 Å². The molecule has 0 amide bonds. The van der Waals surface area contributed by atoms with Crippen LogP contribution < -0.4 is 0 Å². The standard InChI is InChI=1S/C23H40O2S/c1-6-16-14-17-19-11-10-15(2)22(19,3)13-12-20(17)23(4)18(16)8-7-9-21(23)26(5,24)25/h15-21H,6-14H2,1-5H3/t15-,16?,17+,18?,19+,20+,21?,22-,23+/m1/s1. The molecular formula is C23H40O2S. The van der Waals surface area contributed by atoms with Crippen LogP contribution >= 0.6 is 0 Å². The maximum atomic E-state index is 12.9. The van der Waals surface area contributed by atoms with Gasteiger partial charge in [-0.05, 0) is 91.3 Å². The van der Waals surface area contributed by atoms with Gasteiger partial charge in [-0.15, -0.1) is 0 Å². The first-order chi connectivity index (χ1) is 12.1. The molecule has 150 valence electrons. The van der Waals surface area contributed by atoms with E-state index >= 15 is 0 Å². The van der Waals surface area contributed by atoms with E-state index in [-0.39, 0.29) is 10.7 Å². The Hall–Kier alpha value is -0.0500. The maximum Gasteiger partial charge on any atom is 0.150 e. The highest BCUT2D eigenvalue weighted by molar-refractivity contribution is 7.91. The van der Waals surface area contributed by atoms with Crippen LogP contribution in [0.15, 0.2) is 0 Å². The SMILES string of the molecule is CCC1C[C@@H]2[C@H](CC[C@]3(C)[C@H](C)CC[C@@H]23)[C@]2(C)C1CCCC2S(C)(=O)=O. The van der Waals surface area contributed by atoms with Gasteiger partial charge in [0.15, 0.2) is 9.84 Å². The first-order valence-electron chi connectivity index (χ1n) is 11.3. The summed E-state index contributed by atoms with van der Waals surface area (Å²) in [6, 6.07) is 0. The second kappa shape index (κ2) is 6.22. The molecule has 4 saturated carbocycles. The molecule has 0 aromatic carbocycles. The lowest BCUT2D eigenvalue weighted by atomic mass is 9.42. The molecule has 4 fully saturated rings. The third-order valence-corrected chi connectivity index (χ3v) is 12.1. The van der Waals surface area contributed by atoms with Crippen molar-refractivity contribution in [1.82, 2.24) is 0 Å². The predicted octanol–water partition coefficient (Wildman–Crippen LogP) is 5.71. The average Bonchev–Trinajstić information content (AvgIpc) is 2.87. The van der Waals surface area contributed by atoms with E-state index in [9.17, 15) is 8.42 Å². The van der Waals surface area contributed by atoms with Gasteiger partial charge in [0.2, 0.25) is 0 Å². The van der Waals surface area contributed by atoms with Crippen molar-refractivity contribution in [3.8, 4) is 0 Å². The molecule has 3 heteroatoms. The molecule has 0 N–H and O–H groups in total. The lowest BCUT2D eigenvalue weighted by Gasteiger charge is -2.64. The van der Waals surface area contributed by atoms with E-state index in [0.717, 1.165) is 36.5 Å². The van der Waals surface area contributed by atoms with Crippen molar-refractivity contribution in [2.45, 2.75) is 90.7 Å². The second-order valence-electron chi connectivity index (χ2n) is 11.0. The van der Waals surface area contributed by atoms with Gasteiger partial charge in [-0.25, -0.2) is 8.42 Å². The monoisotopic (exact) mass is 380 g/mol. The molecule has 4 aliphatic carbocycles. The van der Waals surface area contributed by atoms with Crippen LogP contribution in [-0.2, 0) is 9.84 Å². The van der Waals surface area contributed by atoms with Gasteiger partial charge in [-0.2, -0.15) is 0 Å². The first-order valence-corrected chi connectivity index (χ1v) is 13.3. The third-order valence-electron chi connectivity index (χ3n) is 10.4. The minimum atomic E-state index is -2.99. The van der Waals surface area contributed by atoms with Crippen molar-refractivity contribution in [1.29, 1.82) is 0 Å². The Morgan fingerprint density at radius 3 is 2.35 bits per heavy atom. The zero-order chi connectivity index (χ0) is 18.9. The lowest BCUT2D eigenvalue weighted by Crippen LogP contribution is -2.61. The van der Waals surface area contributed by atoms with Crippen LogP contribution in [0.5, 0.6) is 0 Å². The van der Waals surface area contributed by atoms with E-state index in [1.165, 1.54) is 51.2 Å². The molecule has 2 nitrogen and oxygen atoms in total. The second-order valence-corrected chi connectivity index (χ2v) is 13.3. The number of rotatable bonds is 2. The molecule has 0 radical (unpaired) electrons. The molecule has 4 aliphatic rings. The molecule has 0 heterocycles. The van der Waals surface area contributed by atoms with Crippen molar-refractivity contribution >= 4 is 9.84 Å². The number of fused-ring (bicyclic) bond motifs is 5. The molecule has 0 aliphatic heterocycles. The number of hydrogen-bond donors (Lipinski definition) is 0. The number of sulfone groups is 1. The van der Waals surface area contributed by atoms with Crippen molar-refractivity contribution in [2.24, 2.45) is 46.3 Å². The van der Waals surface area contributed by atoms with Gasteiger partial charge in [-0.3, -0.25) is 0 Å². The fraction of sp³-hybridized carbons (Fsp3) is 1.00. The van der Waals surface area contributed by atoms with Gasteiger partial charge in [-0.1, -0.05) is 40.5 Å². The third kappa shape index (κ3) is 2.51. The van der Waals surface area contributed by atoms with E-state index in [4.69, 9.17) is 0 Å². The van der Waals surface area contributed by atoms with E-state index in [1.54, 1.807) is 0 Å². The van der Waals surface area contributed by atoms with E-state index in [2.05, 4.69) is 27.7 Å². The zero-order valence-electron chi connectivity index (χ0n) is 17.6. The van der Waals surface area contributed by atoms with Gasteiger partial charge in [0, 0.05) is 6.26 Å². The summed E-state index contributed by atoms with van der Waals surface area (Å²) >= 11 is 0. The van der Waals surface area contributed by atoms with Crippen LogP contribution in [-0.4, -0.2) is 19.9 Å². The Kier molecular flexibility index (Phi) is 4.61. The highest BCUT2D eigenvalue weighted by Gasteiger charge is 2.64. The Morgan fingerprint density at radius 1 is 0.962 bits per heavy atom. The van der Waals surface area contributed by atoms with Crippen LogP contribution in [0.4, 0.5) is 0 Å². The molecule has 3 unspecified atom stereocenters. The quantitative estimate of drug-likeness (QED) is 0.614. The Morgan fingerprint density at radius 2 is 1.69 bits per heavy atom. The fourth-order valence-electron chi connectivity index (χ4n) is 8.93. The summed E-state index contributed by atoms with van der Waals surface area (Å²) in [7, 11) is -2.99. The summed E-state index contributed by atoms with van der Waals surface area (Å²) in [5.41, 5.74) is 0.528. The average molecular weight is 381 g/mol. The molecule has 0 aromatic heterocycles. The van der Waals surface area contributed by atoms with Crippen molar-refractivity contribution < 1.29 is 8.42 Å². The highest BCUT2D eigenvalue weighted by Crippen LogP contribution is 2.69. The summed E-state index contributed by atoms with van der Waals surface area (Å²) in [6.07, 6.45) is 12.8. The first kappa shape index (κ1) is 19.3. The minimum absolute atomic E-state index is 0.0165. The van der Waals surface area contributed by atoms with Gasteiger partial charge in [0.25, 0.3) is 0 Å². The molecule has 26 heavy (non-hydrogen) atoms. The summed E-state index contributed by atoms with van der Waals surface area (Å²) in [4.78, 5) is 0.